The van der Waals surface area contributed by atoms with E-state index in [0.29, 0.717) is 22.6 Å². The molecule has 0 aromatic heterocycles. The summed E-state index contributed by atoms with van der Waals surface area (Å²) in [5.41, 5.74) is 0.477. The van der Waals surface area contributed by atoms with E-state index in [1.807, 2.05) is 0 Å². The van der Waals surface area contributed by atoms with Crippen LogP contribution in [-0.4, -0.2) is 18.2 Å². The molecular formula is C8H7ClO3. The van der Waals surface area contributed by atoms with Crippen molar-refractivity contribution in [2.24, 2.45) is 0 Å². The molecule has 0 radical (unpaired) electrons. The Morgan fingerprint density at radius 1 is 1.58 bits per heavy atom. The largest absolute Gasteiger partial charge is 0.466 e. The molecular weight excluding hydrogens is 180 g/mol. The number of ether oxygens (including phenoxy) is 1. The molecule has 0 saturated carbocycles. The maximum atomic E-state index is 10.3. The van der Waals surface area contributed by atoms with Crippen LogP contribution < -0.4 is 4.74 Å². The van der Waals surface area contributed by atoms with Crippen molar-refractivity contribution in [2.75, 3.05) is 6.79 Å². The quantitative estimate of drug-likeness (QED) is 0.575. The predicted molar refractivity (Wildman–Crippen MR) is 44.6 cm³/mol. The zero-order chi connectivity index (χ0) is 8.97. The van der Waals surface area contributed by atoms with Gasteiger partial charge >= 0.3 is 0 Å². The van der Waals surface area contributed by atoms with Crippen LogP contribution in [0.2, 0.25) is 5.02 Å². The van der Waals surface area contributed by atoms with Crippen molar-refractivity contribution >= 4 is 17.9 Å². The standard InChI is InChI=1S/C8H7ClO3/c9-7-3-6(4-10)1-2-8(7)12-5-11/h1-4,11H,5H2. The van der Waals surface area contributed by atoms with Crippen LogP contribution in [0.5, 0.6) is 5.75 Å². The van der Waals surface area contributed by atoms with E-state index in [0.717, 1.165) is 0 Å². The minimum absolute atomic E-state index is 0.314. The van der Waals surface area contributed by atoms with Gasteiger partial charge < -0.3 is 9.84 Å². The lowest BCUT2D eigenvalue weighted by molar-refractivity contribution is 0.0986. The van der Waals surface area contributed by atoms with Crippen molar-refractivity contribution in [1.29, 1.82) is 0 Å². The SMILES string of the molecule is O=Cc1ccc(OCO)c(Cl)c1. The molecule has 0 aliphatic carbocycles. The number of aldehydes is 1. The number of carbonyl (C=O) groups is 1. The van der Waals surface area contributed by atoms with Gasteiger partial charge in [0.25, 0.3) is 0 Å². The van der Waals surface area contributed by atoms with Gasteiger partial charge in [0.05, 0.1) is 5.02 Å². The number of halogens is 1. The summed E-state index contributed by atoms with van der Waals surface area (Å²) in [4.78, 5) is 10.3. The Hall–Kier alpha value is -1.06. The first kappa shape index (κ1) is 9.03. The van der Waals surface area contributed by atoms with Crippen molar-refractivity contribution in [3.8, 4) is 5.75 Å². The molecule has 64 valence electrons. The highest BCUT2D eigenvalue weighted by Gasteiger charge is 2.01. The van der Waals surface area contributed by atoms with E-state index >= 15 is 0 Å². The van der Waals surface area contributed by atoms with Crippen molar-refractivity contribution < 1.29 is 14.6 Å². The van der Waals surface area contributed by atoms with Gasteiger partial charge in [-0.15, -0.1) is 0 Å². The lowest BCUT2D eigenvalue weighted by Crippen LogP contribution is -1.95. The minimum atomic E-state index is -0.430. The molecule has 0 aliphatic rings. The maximum absolute atomic E-state index is 10.3. The van der Waals surface area contributed by atoms with Crippen molar-refractivity contribution in [1.82, 2.24) is 0 Å². The van der Waals surface area contributed by atoms with E-state index in [4.69, 9.17) is 21.4 Å². The first-order valence-corrected chi connectivity index (χ1v) is 3.64. The number of aliphatic hydroxyl groups is 1. The molecule has 0 heterocycles. The van der Waals surface area contributed by atoms with E-state index in [1.165, 1.54) is 12.1 Å². The lowest BCUT2D eigenvalue weighted by atomic mass is 10.2. The summed E-state index contributed by atoms with van der Waals surface area (Å²) in [6.45, 7) is -0.430. The first-order chi connectivity index (χ1) is 5.77. The van der Waals surface area contributed by atoms with Crippen LogP contribution in [0.25, 0.3) is 0 Å². The second kappa shape index (κ2) is 4.09. The van der Waals surface area contributed by atoms with Crippen molar-refractivity contribution in [3.05, 3.63) is 28.8 Å². The Bertz CT molecular complexity index is 286. The zero-order valence-electron chi connectivity index (χ0n) is 6.16. The molecule has 0 spiro atoms. The third-order valence-corrected chi connectivity index (χ3v) is 1.61. The van der Waals surface area contributed by atoms with Crippen LogP contribution in [0.4, 0.5) is 0 Å². The second-order valence-electron chi connectivity index (χ2n) is 2.08. The summed E-state index contributed by atoms with van der Waals surface area (Å²) in [5.74, 6) is 0.366. The van der Waals surface area contributed by atoms with Crippen molar-refractivity contribution in [3.63, 3.8) is 0 Å². The van der Waals surface area contributed by atoms with Gasteiger partial charge in [-0.3, -0.25) is 4.79 Å². The highest BCUT2D eigenvalue weighted by atomic mass is 35.5. The van der Waals surface area contributed by atoms with E-state index in [-0.39, 0.29) is 0 Å². The Morgan fingerprint density at radius 3 is 2.83 bits per heavy atom. The molecule has 4 heteroatoms. The fraction of sp³-hybridized carbons (Fsp3) is 0.125. The number of hydrogen-bond acceptors (Lipinski definition) is 3. The fourth-order valence-corrected chi connectivity index (χ4v) is 1.02. The van der Waals surface area contributed by atoms with Crippen LogP contribution in [-0.2, 0) is 0 Å². The number of rotatable bonds is 3. The molecule has 1 rings (SSSR count). The van der Waals surface area contributed by atoms with Gasteiger partial charge in [-0.1, -0.05) is 11.6 Å². The van der Waals surface area contributed by atoms with Gasteiger partial charge in [0, 0.05) is 5.56 Å². The molecule has 0 bridgehead atoms. The summed E-state index contributed by atoms with van der Waals surface area (Å²) in [6, 6.07) is 4.56. The van der Waals surface area contributed by atoms with Gasteiger partial charge in [-0.05, 0) is 18.2 Å². The van der Waals surface area contributed by atoms with Crippen molar-refractivity contribution in [2.45, 2.75) is 0 Å². The minimum Gasteiger partial charge on any atom is -0.466 e. The normalized spacial score (nSPS) is 9.50. The molecule has 1 aromatic carbocycles. The van der Waals surface area contributed by atoms with Gasteiger partial charge in [-0.2, -0.15) is 0 Å². The molecule has 1 aromatic rings. The van der Waals surface area contributed by atoms with Crippen LogP contribution in [0.15, 0.2) is 18.2 Å². The molecule has 0 atom stereocenters. The van der Waals surface area contributed by atoms with Gasteiger partial charge in [-0.25, -0.2) is 0 Å². The topological polar surface area (TPSA) is 46.5 Å². The molecule has 0 fully saturated rings. The fourth-order valence-electron chi connectivity index (χ4n) is 0.777. The Labute approximate surface area is 74.5 Å². The molecule has 12 heavy (non-hydrogen) atoms. The third-order valence-electron chi connectivity index (χ3n) is 1.31. The smallest absolute Gasteiger partial charge is 0.186 e. The first-order valence-electron chi connectivity index (χ1n) is 3.26. The van der Waals surface area contributed by atoms with E-state index in [2.05, 4.69) is 0 Å². The summed E-state index contributed by atoms with van der Waals surface area (Å²) in [7, 11) is 0. The molecule has 0 amide bonds. The van der Waals surface area contributed by atoms with Crippen LogP contribution >= 0.6 is 11.6 Å². The molecule has 1 N–H and O–H groups in total. The number of hydrogen-bond donors (Lipinski definition) is 1. The van der Waals surface area contributed by atoms with Gasteiger partial charge in [0.2, 0.25) is 0 Å². The summed E-state index contributed by atoms with van der Waals surface area (Å²) >= 11 is 5.69. The van der Waals surface area contributed by atoms with E-state index in [9.17, 15) is 4.79 Å². The Balaban J connectivity index is 2.94. The maximum Gasteiger partial charge on any atom is 0.186 e. The zero-order valence-corrected chi connectivity index (χ0v) is 6.91. The summed E-state index contributed by atoms with van der Waals surface area (Å²) < 4.78 is 4.74. The molecule has 0 saturated heterocycles. The second-order valence-corrected chi connectivity index (χ2v) is 2.49. The van der Waals surface area contributed by atoms with E-state index in [1.54, 1.807) is 6.07 Å². The van der Waals surface area contributed by atoms with Crippen LogP contribution in [0, 0.1) is 0 Å². The molecule has 0 unspecified atom stereocenters. The predicted octanol–water partition coefficient (Wildman–Crippen LogP) is 1.48. The number of aliphatic hydroxyl groups excluding tert-OH is 1. The molecule has 3 nitrogen and oxygen atoms in total. The highest BCUT2D eigenvalue weighted by Crippen LogP contribution is 2.24. The third kappa shape index (κ3) is 1.96. The highest BCUT2D eigenvalue weighted by molar-refractivity contribution is 6.32. The van der Waals surface area contributed by atoms with Gasteiger partial charge in [0.1, 0.15) is 12.0 Å². The Kier molecular flexibility index (Phi) is 3.08. The lowest BCUT2D eigenvalue weighted by Gasteiger charge is -2.03. The number of carbonyl (C=O) groups excluding carboxylic acids is 1. The average molecular weight is 187 g/mol. The van der Waals surface area contributed by atoms with E-state index < -0.39 is 6.79 Å². The Morgan fingerprint density at radius 2 is 2.33 bits per heavy atom. The van der Waals surface area contributed by atoms with Crippen LogP contribution in [0.3, 0.4) is 0 Å². The monoisotopic (exact) mass is 186 g/mol. The molecule has 0 aliphatic heterocycles. The average Bonchev–Trinajstić information content (AvgIpc) is 2.09. The van der Waals surface area contributed by atoms with Crippen LogP contribution in [0.1, 0.15) is 10.4 Å². The summed E-state index contributed by atoms with van der Waals surface area (Å²) in [5, 5.41) is 8.73. The number of benzene rings is 1. The summed E-state index contributed by atoms with van der Waals surface area (Å²) in [6.07, 6.45) is 0.689. The van der Waals surface area contributed by atoms with Gasteiger partial charge in [0.15, 0.2) is 6.79 Å².